The fourth-order valence-corrected chi connectivity index (χ4v) is 2.93. The zero-order chi connectivity index (χ0) is 19.4. The molecule has 2 aromatic rings. The minimum Gasteiger partial charge on any atom is -0.480 e. The molecule has 1 aromatic carbocycles. The van der Waals surface area contributed by atoms with Gasteiger partial charge in [0.25, 0.3) is 5.91 Å². The maximum atomic E-state index is 12.7. The third-order valence-corrected chi connectivity index (χ3v) is 4.50. The Kier molecular flexibility index (Phi) is 5.54. The van der Waals surface area contributed by atoms with Gasteiger partial charge in [0.15, 0.2) is 0 Å². The molecule has 0 N–H and O–H groups in total. The average molecular weight is 369 g/mol. The van der Waals surface area contributed by atoms with E-state index in [1.165, 1.54) is 0 Å². The van der Waals surface area contributed by atoms with Crippen molar-refractivity contribution in [2.24, 2.45) is 0 Å². The summed E-state index contributed by atoms with van der Waals surface area (Å²) in [4.78, 5) is 29.8. The molecule has 142 valence electrons. The van der Waals surface area contributed by atoms with Gasteiger partial charge in [-0.25, -0.2) is 4.79 Å². The minimum absolute atomic E-state index is 0.0212. The Bertz CT molecular complexity index is 797. The van der Waals surface area contributed by atoms with E-state index in [0.29, 0.717) is 43.3 Å². The topological polar surface area (TPSA) is 78.9 Å². The van der Waals surface area contributed by atoms with Crippen molar-refractivity contribution in [3.8, 4) is 17.1 Å². The van der Waals surface area contributed by atoms with Crippen LogP contribution in [0, 0.1) is 0 Å². The summed E-state index contributed by atoms with van der Waals surface area (Å²) in [6.45, 7) is 2.15. The van der Waals surface area contributed by atoms with Gasteiger partial charge in [-0.1, -0.05) is 12.1 Å². The lowest BCUT2D eigenvalue weighted by Crippen LogP contribution is -2.52. The molecule has 1 aliphatic heterocycles. The van der Waals surface area contributed by atoms with Crippen LogP contribution in [0.1, 0.15) is 10.4 Å². The summed E-state index contributed by atoms with van der Waals surface area (Å²) in [5.41, 5.74) is 2.21. The molecule has 0 bridgehead atoms. The Morgan fingerprint density at radius 3 is 2.07 bits per heavy atom. The molecule has 8 nitrogen and oxygen atoms in total. The summed E-state index contributed by atoms with van der Waals surface area (Å²) < 4.78 is 5.01. The first-order chi connectivity index (χ1) is 13.0. The molecule has 1 aromatic heterocycles. The fourth-order valence-electron chi connectivity index (χ4n) is 2.93. The van der Waals surface area contributed by atoms with E-state index in [4.69, 9.17) is 4.74 Å². The van der Waals surface area contributed by atoms with E-state index in [0.717, 1.165) is 5.56 Å². The Morgan fingerprint density at radius 1 is 0.926 bits per heavy atom. The first-order valence-electron chi connectivity index (χ1n) is 8.73. The number of hydrogen-bond donors (Lipinski definition) is 0. The number of ether oxygens (including phenoxy) is 1. The van der Waals surface area contributed by atoms with E-state index in [-0.39, 0.29) is 11.9 Å². The molecule has 0 saturated carbocycles. The fraction of sp³-hybridized carbons (Fsp3) is 0.368. The summed E-state index contributed by atoms with van der Waals surface area (Å²) in [7, 11) is 5.00. The average Bonchev–Trinajstić information content (AvgIpc) is 2.73. The van der Waals surface area contributed by atoms with E-state index >= 15 is 0 Å². The van der Waals surface area contributed by atoms with Gasteiger partial charge in [0.05, 0.1) is 12.8 Å². The molecule has 2 heterocycles. The molecule has 0 spiro atoms. The van der Waals surface area contributed by atoms with Gasteiger partial charge in [0, 0.05) is 57.5 Å². The van der Waals surface area contributed by atoms with Crippen LogP contribution in [0.5, 0.6) is 5.88 Å². The summed E-state index contributed by atoms with van der Waals surface area (Å²) >= 11 is 0. The quantitative estimate of drug-likeness (QED) is 0.821. The number of aromatic nitrogens is 2. The van der Waals surface area contributed by atoms with Gasteiger partial charge in [-0.3, -0.25) is 4.79 Å². The molecule has 1 aliphatic rings. The Labute approximate surface area is 158 Å². The Hall–Kier alpha value is -3.16. The van der Waals surface area contributed by atoms with E-state index in [1.54, 1.807) is 54.1 Å². The van der Waals surface area contributed by atoms with Crippen LogP contribution in [0.4, 0.5) is 4.79 Å². The first kappa shape index (κ1) is 18.6. The molecule has 3 amide bonds. The van der Waals surface area contributed by atoms with E-state index in [1.807, 2.05) is 18.2 Å². The van der Waals surface area contributed by atoms with Crippen LogP contribution in [0.2, 0.25) is 0 Å². The highest BCUT2D eigenvalue weighted by Crippen LogP contribution is 2.19. The molecular formula is C19H23N5O3. The Morgan fingerprint density at radius 2 is 1.56 bits per heavy atom. The number of amides is 3. The van der Waals surface area contributed by atoms with E-state index in [9.17, 15) is 9.59 Å². The van der Waals surface area contributed by atoms with Crippen LogP contribution >= 0.6 is 0 Å². The van der Waals surface area contributed by atoms with Gasteiger partial charge < -0.3 is 19.4 Å². The number of piperazine rings is 1. The number of methoxy groups -OCH3 is 1. The lowest BCUT2D eigenvalue weighted by Gasteiger charge is -2.36. The SMILES string of the molecule is COc1ccc(-c2ccc(C(=O)N3CCN(C(=O)N(C)C)CC3)cc2)nn1. The van der Waals surface area contributed by atoms with Crippen molar-refractivity contribution in [3.05, 3.63) is 42.0 Å². The number of benzene rings is 1. The summed E-state index contributed by atoms with van der Waals surface area (Å²) in [6, 6.07) is 10.8. The van der Waals surface area contributed by atoms with Gasteiger partial charge in [-0.2, -0.15) is 0 Å². The second-order valence-corrected chi connectivity index (χ2v) is 6.49. The molecular weight excluding hydrogens is 346 g/mol. The van der Waals surface area contributed by atoms with Crippen molar-refractivity contribution < 1.29 is 14.3 Å². The number of urea groups is 1. The predicted molar refractivity (Wildman–Crippen MR) is 101 cm³/mol. The van der Waals surface area contributed by atoms with Crippen LogP contribution in [-0.2, 0) is 0 Å². The highest BCUT2D eigenvalue weighted by atomic mass is 16.5. The summed E-state index contributed by atoms with van der Waals surface area (Å²) in [5.74, 6) is 0.428. The van der Waals surface area contributed by atoms with E-state index < -0.39 is 0 Å². The van der Waals surface area contributed by atoms with Crippen molar-refractivity contribution >= 4 is 11.9 Å². The third-order valence-electron chi connectivity index (χ3n) is 4.50. The summed E-state index contributed by atoms with van der Waals surface area (Å²) in [5, 5.41) is 8.07. The predicted octanol–water partition coefficient (Wildman–Crippen LogP) is 1.59. The maximum absolute atomic E-state index is 12.7. The Balaban J connectivity index is 1.63. The molecule has 1 saturated heterocycles. The van der Waals surface area contributed by atoms with Gasteiger partial charge >= 0.3 is 6.03 Å². The highest BCUT2D eigenvalue weighted by molar-refractivity contribution is 5.94. The van der Waals surface area contributed by atoms with Gasteiger partial charge in [0.1, 0.15) is 0 Å². The monoisotopic (exact) mass is 369 g/mol. The first-order valence-corrected chi connectivity index (χ1v) is 8.73. The van der Waals surface area contributed by atoms with Gasteiger partial charge in [-0.15, -0.1) is 10.2 Å². The molecule has 27 heavy (non-hydrogen) atoms. The normalized spacial score (nSPS) is 14.0. The number of rotatable bonds is 3. The van der Waals surface area contributed by atoms with Crippen LogP contribution < -0.4 is 4.74 Å². The second kappa shape index (κ2) is 8.03. The maximum Gasteiger partial charge on any atom is 0.319 e. The minimum atomic E-state index is -0.0284. The largest absolute Gasteiger partial charge is 0.480 e. The third kappa shape index (κ3) is 4.16. The number of hydrogen-bond acceptors (Lipinski definition) is 5. The standard InChI is InChI=1S/C19H23N5O3/c1-22(2)19(26)24-12-10-23(11-13-24)18(25)15-6-4-14(5-7-15)16-8-9-17(27-3)21-20-16/h4-9H,10-13H2,1-3H3. The lowest BCUT2D eigenvalue weighted by atomic mass is 10.1. The smallest absolute Gasteiger partial charge is 0.319 e. The zero-order valence-electron chi connectivity index (χ0n) is 15.8. The number of carbonyl (C=O) groups is 2. The molecule has 1 fully saturated rings. The van der Waals surface area contributed by atoms with Crippen molar-refractivity contribution in [3.63, 3.8) is 0 Å². The van der Waals surface area contributed by atoms with Crippen molar-refractivity contribution in [1.29, 1.82) is 0 Å². The van der Waals surface area contributed by atoms with Crippen LogP contribution in [0.15, 0.2) is 36.4 Å². The van der Waals surface area contributed by atoms with Gasteiger partial charge in [0.2, 0.25) is 5.88 Å². The lowest BCUT2D eigenvalue weighted by molar-refractivity contribution is 0.0650. The summed E-state index contributed by atoms with van der Waals surface area (Å²) in [6.07, 6.45) is 0. The molecule has 8 heteroatoms. The van der Waals surface area contributed by atoms with Crippen molar-refractivity contribution in [2.45, 2.75) is 0 Å². The van der Waals surface area contributed by atoms with Crippen LogP contribution in [-0.4, -0.2) is 84.2 Å². The van der Waals surface area contributed by atoms with E-state index in [2.05, 4.69) is 10.2 Å². The van der Waals surface area contributed by atoms with Crippen LogP contribution in [0.3, 0.4) is 0 Å². The van der Waals surface area contributed by atoms with Crippen LogP contribution in [0.25, 0.3) is 11.3 Å². The molecule has 0 radical (unpaired) electrons. The highest BCUT2D eigenvalue weighted by Gasteiger charge is 2.25. The van der Waals surface area contributed by atoms with Crippen molar-refractivity contribution in [1.82, 2.24) is 24.9 Å². The number of carbonyl (C=O) groups excluding carboxylic acids is 2. The zero-order valence-corrected chi connectivity index (χ0v) is 15.8. The molecule has 3 rings (SSSR count). The van der Waals surface area contributed by atoms with Gasteiger partial charge in [-0.05, 0) is 18.2 Å². The molecule has 0 atom stereocenters. The second-order valence-electron chi connectivity index (χ2n) is 6.49. The molecule has 0 aliphatic carbocycles. The number of nitrogens with zero attached hydrogens (tertiary/aromatic N) is 5. The van der Waals surface area contributed by atoms with Crippen molar-refractivity contribution in [2.75, 3.05) is 47.4 Å². The molecule has 0 unspecified atom stereocenters.